The fraction of sp³-hybridized carbons (Fsp3) is 0.467. The van der Waals surface area contributed by atoms with Gasteiger partial charge in [-0.1, -0.05) is 18.2 Å². The van der Waals surface area contributed by atoms with Crippen molar-refractivity contribution in [1.82, 2.24) is 5.32 Å². The van der Waals surface area contributed by atoms with E-state index in [9.17, 15) is 0 Å². The first-order valence-electron chi connectivity index (χ1n) is 6.51. The molecule has 1 aliphatic rings. The standard InChI is InChI=1S/C15H19NO/c1-16-14(11-6-7-11)9-8-13-10-12-4-2-3-5-15(12)17-13/h2-5,10-11,14,16H,6-9H2,1H3. The van der Waals surface area contributed by atoms with Gasteiger partial charge in [-0.05, 0) is 44.4 Å². The fourth-order valence-electron chi connectivity index (χ4n) is 2.57. The number of rotatable bonds is 5. The molecule has 1 aliphatic carbocycles. The lowest BCUT2D eigenvalue weighted by atomic mass is 10.1. The van der Waals surface area contributed by atoms with Crippen molar-refractivity contribution < 1.29 is 4.42 Å². The lowest BCUT2D eigenvalue weighted by Gasteiger charge is -2.13. The summed E-state index contributed by atoms with van der Waals surface area (Å²) in [6.45, 7) is 0. The van der Waals surface area contributed by atoms with Crippen LogP contribution in [0, 0.1) is 5.92 Å². The molecule has 1 saturated carbocycles. The highest BCUT2D eigenvalue weighted by Gasteiger charge is 2.29. The highest BCUT2D eigenvalue weighted by Crippen LogP contribution is 2.34. The molecule has 17 heavy (non-hydrogen) atoms. The third-order valence-electron chi connectivity index (χ3n) is 3.74. The molecule has 1 heterocycles. The predicted molar refractivity (Wildman–Crippen MR) is 70.1 cm³/mol. The normalized spacial score (nSPS) is 17.5. The van der Waals surface area contributed by atoms with Gasteiger partial charge in [0, 0.05) is 17.8 Å². The van der Waals surface area contributed by atoms with Crippen molar-refractivity contribution >= 4 is 11.0 Å². The smallest absolute Gasteiger partial charge is 0.134 e. The summed E-state index contributed by atoms with van der Waals surface area (Å²) in [5.74, 6) is 2.02. The summed E-state index contributed by atoms with van der Waals surface area (Å²) in [5, 5.41) is 4.64. The molecule has 1 aromatic carbocycles. The second-order valence-corrected chi connectivity index (χ2v) is 5.02. The van der Waals surface area contributed by atoms with Crippen molar-refractivity contribution in [1.29, 1.82) is 0 Å². The van der Waals surface area contributed by atoms with Crippen molar-refractivity contribution in [3.8, 4) is 0 Å². The zero-order chi connectivity index (χ0) is 11.7. The maximum Gasteiger partial charge on any atom is 0.134 e. The maximum absolute atomic E-state index is 5.84. The van der Waals surface area contributed by atoms with E-state index in [4.69, 9.17) is 4.42 Å². The molecule has 1 atom stereocenters. The van der Waals surface area contributed by atoms with Gasteiger partial charge in [-0.2, -0.15) is 0 Å². The van der Waals surface area contributed by atoms with Crippen LogP contribution in [0.4, 0.5) is 0 Å². The zero-order valence-corrected chi connectivity index (χ0v) is 10.3. The average Bonchev–Trinajstić information content (AvgIpc) is 3.09. The van der Waals surface area contributed by atoms with E-state index in [2.05, 4.69) is 30.6 Å². The van der Waals surface area contributed by atoms with Crippen molar-refractivity contribution in [3.63, 3.8) is 0 Å². The summed E-state index contributed by atoms with van der Waals surface area (Å²) in [6.07, 6.45) is 5.01. The molecule has 2 nitrogen and oxygen atoms in total. The molecule has 0 saturated heterocycles. The van der Waals surface area contributed by atoms with E-state index in [-0.39, 0.29) is 0 Å². The van der Waals surface area contributed by atoms with Crippen molar-refractivity contribution in [3.05, 3.63) is 36.1 Å². The number of hydrogen-bond donors (Lipinski definition) is 1. The highest BCUT2D eigenvalue weighted by atomic mass is 16.3. The largest absolute Gasteiger partial charge is 0.461 e. The van der Waals surface area contributed by atoms with Gasteiger partial charge in [0.05, 0.1) is 0 Å². The predicted octanol–water partition coefficient (Wildman–Crippen LogP) is 3.36. The molecule has 0 bridgehead atoms. The molecule has 0 aliphatic heterocycles. The van der Waals surface area contributed by atoms with Crippen molar-refractivity contribution in [2.45, 2.75) is 31.7 Å². The molecule has 1 unspecified atom stereocenters. The molecule has 1 N–H and O–H groups in total. The number of furan rings is 1. The lowest BCUT2D eigenvalue weighted by Crippen LogP contribution is -2.27. The zero-order valence-electron chi connectivity index (χ0n) is 10.3. The summed E-state index contributed by atoms with van der Waals surface area (Å²) in [6, 6.07) is 11.1. The van der Waals surface area contributed by atoms with Crippen LogP contribution in [0.1, 0.15) is 25.0 Å². The van der Waals surface area contributed by atoms with Crippen molar-refractivity contribution in [2.75, 3.05) is 7.05 Å². The van der Waals surface area contributed by atoms with Crippen LogP contribution in [0.2, 0.25) is 0 Å². The molecule has 3 rings (SSSR count). The molecule has 90 valence electrons. The van der Waals surface area contributed by atoms with Crippen LogP contribution in [0.15, 0.2) is 34.7 Å². The molecular weight excluding hydrogens is 210 g/mol. The summed E-state index contributed by atoms with van der Waals surface area (Å²) >= 11 is 0. The Morgan fingerprint density at radius 2 is 2.18 bits per heavy atom. The van der Waals surface area contributed by atoms with Crippen LogP contribution in [0.25, 0.3) is 11.0 Å². The number of para-hydroxylation sites is 1. The Kier molecular flexibility index (Phi) is 2.89. The van der Waals surface area contributed by atoms with Gasteiger partial charge in [-0.15, -0.1) is 0 Å². The fourth-order valence-corrected chi connectivity index (χ4v) is 2.57. The van der Waals surface area contributed by atoms with E-state index in [1.165, 1.54) is 24.6 Å². The Hall–Kier alpha value is -1.28. The van der Waals surface area contributed by atoms with E-state index in [0.717, 1.165) is 23.7 Å². The van der Waals surface area contributed by atoms with E-state index in [1.807, 2.05) is 12.1 Å². The molecule has 0 amide bonds. The quantitative estimate of drug-likeness (QED) is 0.850. The number of aryl methyl sites for hydroxylation is 1. The average molecular weight is 229 g/mol. The first-order chi connectivity index (χ1) is 8.36. The van der Waals surface area contributed by atoms with Crippen LogP contribution in [-0.2, 0) is 6.42 Å². The van der Waals surface area contributed by atoms with Gasteiger partial charge >= 0.3 is 0 Å². The van der Waals surface area contributed by atoms with Crippen LogP contribution >= 0.6 is 0 Å². The molecular formula is C15H19NO. The van der Waals surface area contributed by atoms with Gasteiger partial charge < -0.3 is 9.73 Å². The first kappa shape index (κ1) is 10.8. The van der Waals surface area contributed by atoms with Gasteiger partial charge in [-0.3, -0.25) is 0 Å². The monoisotopic (exact) mass is 229 g/mol. The topological polar surface area (TPSA) is 25.2 Å². The summed E-state index contributed by atoms with van der Waals surface area (Å²) < 4.78 is 5.84. The summed E-state index contributed by atoms with van der Waals surface area (Å²) in [4.78, 5) is 0. The number of nitrogens with one attached hydrogen (secondary N) is 1. The third-order valence-corrected chi connectivity index (χ3v) is 3.74. The molecule has 2 aromatic rings. The van der Waals surface area contributed by atoms with Gasteiger partial charge in [-0.25, -0.2) is 0 Å². The van der Waals surface area contributed by atoms with Crippen LogP contribution < -0.4 is 5.32 Å². The second kappa shape index (κ2) is 4.53. The van der Waals surface area contributed by atoms with E-state index >= 15 is 0 Å². The second-order valence-electron chi connectivity index (χ2n) is 5.02. The summed E-state index contributed by atoms with van der Waals surface area (Å²) in [7, 11) is 2.07. The number of hydrogen-bond acceptors (Lipinski definition) is 2. The Morgan fingerprint density at radius 3 is 2.88 bits per heavy atom. The minimum Gasteiger partial charge on any atom is -0.461 e. The minimum atomic E-state index is 0.670. The van der Waals surface area contributed by atoms with Crippen LogP contribution in [0.3, 0.4) is 0 Å². The molecule has 1 aromatic heterocycles. The van der Waals surface area contributed by atoms with E-state index in [1.54, 1.807) is 0 Å². The van der Waals surface area contributed by atoms with Gasteiger partial charge in [0.1, 0.15) is 11.3 Å². The summed E-state index contributed by atoms with van der Waals surface area (Å²) in [5.41, 5.74) is 1.01. The van der Waals surface area contributed by atoms with Crippen LogP contribution in [-0.4, -0.2) is 13.1 Å². The van der Waals surface area contributed by atoms with E-state index in [0.29, 0.717) is 6.04 Å². The van der Waals surface area contributed by atoms with Crippen molar-refractivity contribution in [2.24, 2.45) is 5.92 Å². The maximum atomic E-state index is 5.84. The number of fused-ring (bicyclic) bond motifs is 1. The molecule has 2 heteroatoms. The molecule has 0 radical (unpaired) electrons. The van der Waals surface area contributed by atoms with Gasteiger partial charge in [0.15, 0.2) is 0 Å². The Labute approximate surface area is 102 Å². The van der Waals surface area contributed by atoms with Gasteiger partial charge in [0.2, 0.25) is 0 Å². The Bertz CT molecular complexity index is 465. The van der Waals surface area contributed by atoms with E-state index < -0.39 is 0 Å². The van der Waals surface area contributed by atoms with Crippen LogP contribution in [0.5, 0.6) is 0 Å². The highest BCUT2D eigenvalue weighted by molar-refractivity contribution is 5.77. The Morgan fingerprint density at radius 1 is 1.35 bits per heavy atom. The molecule has 0 spiro atoms. The minimum absolute atomic E-state index is 0.670. The third kappa shape index (κ3) is 2.37. The first-order valence-corrected chi connectivity index (χ1v) is 6.51. The number of benzene rings is 1. The van der Waals surface area contributed by atoms with Gasteiger partial charge in [0.25, 0.3) is 0 Å². The Balaban J connectivity index is 1.67. The molecule has 1 fully saturated rings. The SMILES string of the molecule is CNC(CCc1cc2ccccc2o1)C1CC1. The lowest BCUT2D eigenvalue weighted by molar-refractivity contribution is 0.444.